The summed E-state index contributed by atoms with van der Waals surface area (Å²) in [4.78, 5) is 14.7. The molecular weight excluding hydrogens is 266 g/mol. The van der Waals surface area contributed by atoms with Gasteiger partial charge in [-0.15, -0.1) is 0 Å². The van der Waals surface area contributed by atoms with Crippen LogP contribution in [0.2, 0.25) is 0 Å². The number of amides is 1. The molecule has 0 aromatic rings. The van der Waals surface area contributed by atoms with Gasteiger partial charge in [-0.05, 0) is 32.6 Å². The third-order valence-electron chi connectivity index (χ3n) is 5.02. The van der Waals surface area contributed by atoms with Crippen LogP contribution in [-0.2, 0) is 9.53 Å². The summed E-state index contributed by atoms with van der Waals surface area (Å²) in [5, 5.41) is 12.5. The Hall–Kier alpha value is -1.12. The van der Waals surface area contributed by atoms with E-state index in [1.165, 1.54) is 6.42 Å². The summed E-state index contributed by atoms with van der Waals surface area (Å²) in [5.74, 6) is -0.00526. The third-order valence-corrected chi connectivity index (χ3v) is 5.02. The molecular formula is C16H27N3O2. The number of hydrogen-bond acceptors (Lipinski definition) is 4. The van der Waals surface area contributed by atoms with Crippen molar-refractivity contribution in [1.29, 1.82) is 5.26 Å². The Labute approximate surface area is 127 Å². The van der Waals surface area contributed by atoms with Gasteiger partial charge >= 0.3 is 0 Å². The number of carbonyl (C=O) groups excluding carboxylic acids is 1. The Kier molecular flexibility index (Phi) is 5.60. The van der Waals surface area contributed by atoms with E-state index in [1.807, 2.05) is 6.92 Å². The van der Waals surface area contributed by atoms with Crippen molar-refractivity contribution in [2.24, 2.45) is 0 Å². The highest BCUT2D eigenvalue weighted by molar-refractivity contribution is 5.82. The van der Waals surface area contributed by atoms with Crippen LogP contribution in [0.25, 0.3) is 0 Å². The number of nitrogens with zero attached hydrogens (tertiary/aromatic N) is 2. The van der Waals surface area contributed by atoms with Crippen LogP contribution in [0.3, 0.4) is 0 Å². The van der Waals surface area contributed by atoms with Gasteiger partial charge in [0.2, 0.25) is 5.91 Å². The molecule has 1 unspecified atom stereocenters. The predicted octanol–water partition coefficient (Wildman–Crippen LogP) is 1.83. The molecule has 0 radical (unpaired) electrons. The zero-order valence-electron chi connectivity index (χ0n) is 13.2. The van der Waals surface area contributed by atoms with E-state index in [-0.39, 0.29) is 11.9 Å². The van der Waals surface area contributed by atoms with Crippen molar-refractivity contribution >= 4 is 5.91 Å². The SMILES string of the molecule is COC1CCN(C(C)C(=O)NC2(C#N)CCCCC2)CC1. The highest BCUT2D eigenvalue weighted by Gasteiger charge is 2.36. The molecule has 1 aliphatic heterocycles. The van der Waals surface area contributed by atoms with Gasteiger partial charge < -0.3 is 10.1 Å². The van der Waals surface area contributed by atoms with Gasteiger partial charge in [0.15, 0.2) is 0 Å². The topological polar surface area (TPSA) is 65.4 Å². The van der Waals surface area contributed by atoms with Gasteiger partial charge in [0.05, 0.1) is 18.2 Å². The van der Waals surface area contributed by atoms with Crippen molar-refractivity contribution in [1.82, 2.24) is 10.2 Å². The summed E-state index contributed by atoms with van der Waals surface area (Å²) in [6.07, 6.45) is 7.05. The molecule has 1 atom stereocenters. The van der Waals surface area contributed by atoms with Crippen molar-refractivity contribution in [3.8, 4) is 6.07 Å². The first-order valence-electron chi connectivity index (χ1n) is 8.10. The zero-order valence-corrected chi connectivity index (χ0v) is 13.2. The van der Waals surface area contributed by atoms with Gasteiger partial charge in [0, 0.05) is 20.2 Å². The van der Waals surface area contributed by atoms with Crippen molar-refractivity contribution in [2.45, 2.75) is 69.6 Å². The Balaban J connectivity index is 1.89. The van der Waals surface area contributed by atoms with Gasteiger partial charge in [-0.2, -0.15) is 5.26 Å². The van der Waals surface area contributed by atoms with Gasteiger partial charge in [-0.1, -0.05) is 19.3 Å². The fraction of sp³-hybridized carbons (Fsp3) is 0.875. The molecule has 1 saturated carbocycles. The Morgan fingerprint density at radius 1 is 1.33 bits per heavy atom. The molecule has 21 heavy (non-hydrogen) atoms. The maximum absolute atomic E-state index is 12.5. The Bertz CT molecular complexity index is 391. The van der Waals surface area contributed by atoms with Gasteiger partial charge in [-0.3, -0.25) is 9.69 Å². The first-order valence-corrected chi connectivity index (χ1v) is 8.10. The van der Waals surface area contributed by atoms with Crippen LogP contribution < -0.4 is 5.32 Å². The largest absolute Gasteiger partial charge is 0.381 e. The number of methoxy groups -OCH3 is 1. The lowest BCUT2D eigenvalue weighted by molar-refractivity contribution is -0.128. The van der Waals surface area contributed by atoms with Crippen LogP contribution in [0.5, 0.6) is 0 Å². The Morgan fingerprint density at radius 2 is 1.95 bits per heavy atom. The van der Waals surface area contributed by atoms with E-state index in [9.17, 15) is 10.1 Å². The van der Waals surface area contributed by atoms with Gasteiger partial charge in [0.1, 0.15) is 5.54 Å². The van der Waals surface area contributed by atoms with E-state index in [2.05, 4.69) is 16.3 Å². The maximum atomic E-state index is 12.5. The fourth-order valence-electron chi connectivity index (χ4n) is 3.42. The summed E-state index contributed by atoms with van der Waals surface area (Å²) in [7, 11) is 1.75. The van der Waals surface area contributed by atoms with Crippen LogP contribution in [-0.4, -0.2) is 48.7 Å². The summed E-state index contributed by atoms with van der Waals surface area (Å²) in [5.41, 5.74) is -0.631. The highest BCUT2D eigenvalue weighted by atomic mass is 16.5. The van der Waals surface area contributed by atoms with E-state index in [0.717, 1.165) is 51.6 Å². The summed E-state index contributed by atoms with van der Waals surface area (Å²) in [6, 6.07) is 2.18. The lowest BCUT2D eigenvalue weighted by Gasteiger charge is -2.37. The van der Waals surface area contributed by atoms with Crippen LogP contribution >= 0.6 is 0 Å². The second kappa shape index (κ2) is 7.24. The van der Waals surface area contributed by atoms with E-state index >= 15 is 0 Å². The Morgan fingerprint density at radius 3 is 2.48 bits per heavy atom. The van der Waals surface area contributed by atoms with Crippen LogP contribution in [0.4, 0.5) is 0 Å². The average molecular weight is 293 g/mol. The molecule has 2 fully saturated rings. The second-order valence-electron chi connectivity index (χ2n) is 6.39. The van der Waals surface area contributed by atoms with Crippen molar-refractivity contribution in [2.75, 3.05) is 20.2 Å². The lowest BCUT2D eigenvalue weighted by atomic mass is 9.82. The molecule has 1 saturated heterocycles. The predicted molar refractivity (Wildman–Crippen MR) is 80.6 cm³/mol. The first-order chi connectivity index (χ1) is 10.1. The van der Waals surface area contributed by atoms with Gasteiger partial charge in [0.25, 0.3) is 0 Å². The van der Waals surface area contributed by atoms with E-state index in [1.54, 1.807) is 7.11 Å². The summed E-state index contributed by atoms with van der Waals surface area (Å²) in [6.45, 7) is 3.70. The second-order valence-corrected chi connectivity index (χ2v) is 6.39. The maximum Gasteiger partial charge on any atom is 0.238 e. The van der Waals surface area contributed by atoms with E-state index in [0.29, 0.717) is 6.10 Å². The molecule has 0 bridgehead atoms. The zero-order chi connectivity index (χ0) is 15.3. The third kappa shape index (κ3) is 3.96. The number of ether oxygens (including phenoxy) is 1. The smallest absolute Gasteiger partial charge is 0.238 e. The highest BCUT2D eigenvalue weighted by Crippen LogP contribution is 2.28. The molecule has 1 aliphatic carbocycles. The number of nitrogens with one attached hydrogen (secondary N) is 1. The molecule has 5 heteroatoms. The fourth-order valence-corrected chi connectivity index (χ4v) is 3.42. The minimum atomic E-state index is -0.631. The minimum absolute atomic E-state index is 0.00526. The van der Waals surface area contributed by atoms with Crippen LogP contribution in [0, 0.1) is 11.3 Å². The normalized spacial score (nSPS) is 25.0. The monoisotopic (exact) mass is 293 g/mol. The molecule has 1 amide bonds. The molecule has 0 spiro atoms. The summed E-state index contributed by atoms with van der Waals surface area (Å²) < 4.78 is 5.36. The standard InChI is InChI=1S/C16H27N3O2/c1-13(19-10-6-14(21-2)7-11-19)15(20)18-16(12-17)8-4-3-5-9-16/h13-14H,3-11H2,1-2H3,(H,18,20). The average Bonchev–Trinajstić information content (AvgIpc) is 2.55. The molecule has 2 aliphatic rings. The number of hydrogen-bond donors (Lipinski definition) is 1. The van der Waals surface area contributed by atoms with Crippen molar-refractivity contribution < 1.29 is 9.53 Å². The number of carbonyl (C=O) groups is 1. The minimum Gasteiger partial charge on any atom is -0.381 e. The number of piperidine rings is 1. The van der Waals surface area contributed by atoms with Gasteiger partial charge in [-0.25, -0.2) is 0 Å². The molecule has 5 nitrogen and oxygen atoms in total. The quantitative estimate of drug-likeness (QED) is 0.859. The molecule has 2 rings (SSSR count). The molecule has 1 heterocycles. The molecule has 118 valence electrons. The first kappa shape index (κ1) is 16.3. The number of nitriles is 1. The molecule has 1 N–H and O–H groups in total. The van der Waals surface area contributed by atoms with Crippen LogP contribution in [0.15, 0.2) is 0 Å². The van der Waals surface area contributed by atoms with E-state index in [4.69, 9.17) is 4.74 Å². The van der Waals surface area contributed by atoms with Crippen molar-refractivity contribution in [3.05, 3.63) is 0 Å². The molecule has 0 aromatic carbocycles. The lowest BCUT2D eigenvalue weighted by Crippen LogP contribution is -2.56. The van der Waals surface area contributed by atoms with Crippen LogP contribution in [0.1, 0.15) is 51.9 Å². The van der Waals surface area contributed by atoms with E-state index < -0.39 is 5.54 Å². The molecule has 0 aromatic heterocycles. The summed E-state index contributed by atoms with van der Waals surface area (Å²) >= 11 is 0. The van der Waals surface area contributed by atoms with Crippen molar-refractivity contribution in [3.63, 3.8) is 0 Å². The number of rotatable bonds is 4. The number of likely N-dealkylation sites (tertiary alicyclic amines) is 1.